The molecule has 0 fully saturated rings. The smallest absolute Gasteiger partial charge is 0.0236 e. The van der Waals surface area contributed by atoms with Crippen LogP contribution in [0.15, 0.2) is 30.3 Å². The first-order chi connectivity index (χ1) is 9.77. The van der Waals surface area contributed by atoms with Crippen molar-refractivity contribution >= 4 is 0 Å². The summed E-state index contributed by atoms with van der Waals surface area (Å²) in [5.41, 5.74) is 7.09. The quantitative estimate of drug-likeness (QED) is 0.614. The van der Waals surface area contributed by atoms with Gasteiger partial charge in [0.15, 0.2) is 0 Å². The predicted octanol–water partition coefficient (Wildman–Crippen LogP) is 4.20. The molecule has 0 saturated heterocycles. The van der Waals surface area contributed by atoms with Crippen molar-refractivity contribution in [1.82, 2.24) is 4.90 Å². The molecule has 1 aromatic rings. The molecule has 0 bridgehead atoms. The second-order valence-electron chi connectivity index (χ2n) is 5.80. The lowest BCUT2D eigenvalue weighted by Crippen LogP contribution is -2.34. The van der Waals surface area contributed by atoms with Crippen molar-refractivity contribution in [2.75, 3.05) is 13.1 Å². The molecule has 0 spiro atoms. The summed E-state index contributed by atoms with van der Waals surface area (Å²) in [5.74, 6) is 0. The molecule has 0 heterocycles. The molecule has 0 aliphatic carbocycles. The SMILES string of the molecule is CCCCCCC(C)N(CCCN)Cc1ccccc1. The van der Waals surface area contributed by atoms with E-state index in [2.05, 4.69) is 49.1 Å². The summed E-state index contributed by atoms with van der Waals surface area (Å²) in [4.78, 5) is 2.59. The van der Waals surface area contributed by atoms with Gasteiger partial charge in [0.05, 0.1) is 0 Å². The van der Waals surface area contributed by atoms with E-state index in [0.29, 0.717) is 6.04 Å². The summed E-state index contributed by atoms with van der Waals surface area (Å²) in [7, 11) is 0. The van der Waals surface area contributed by atoms with Crippen LogP contribution in [0.4, 0.5) is 0 Å². The fourth-order valence-electron chi connectivity index (χ4n) is 2.62. The fraction of sp³-hybridized carbons (Fsp3) is 0.667. The zero-order valence-electron chi connectivity index (χ0n) is 13.4. The van der Waals surface area contributed by atoms with Crippen LogP contribution in [-0.4, -0.2) is 24.0 Å². The number of nitrogens with two attached hydrogens (primary N) is 1. The zero-order valence-corrected chi connectivity index (χ0v) is 13.4. The maximum absolute atomic E-state index is 5.68. The van der Waals surface area contributed by atoms with Crippen LogP contribution in [0.25, 0.3) is 0 Å². The molecule has 0 aliphatic heterocycles. The minimum Gasteiger partial charge on any atom is -0.330 e. The van der Waals surface area contributed by atoms with E-state index in [0.717, 1.165) is 26.1 Å². The molecule has 1 rings (SSSR count). The van der Waals surface area contributed by atoms with Crippen LogP contribution in [0.5, 0.6) is 0 Å². The van der Waals surface area contributed by atoms with Gasteiger partial charge in [-0.15, -0.1) is 0 Å². The van der Waals surface area contributed by atoms with Crippen LogP contribution in [-0.2, 0) is 6.54 Å². The molecule has 2 heteroatoms. The predicted molar refractivity (Wildman–Crippen MR) is 88.7 cm³/mol. The van der Waals surface area contributed by atoms with Gasteiger partial charge in [0.2, 0.25) is 0 Å². The largest absolute Gasteiger partial charge is 0.330 e. The van der Waals surface area contributed by atoms with Gasteiger partial charge in [0.1, 0.15) is 0 Å². The second-order valence-corrected chi connectivity index (χ2v) is 5.80. The highest BCUT2D eigenvalue weighted by molar-refractivity contribution is 5.14. The van der Waals surface area contributed by atoms with Gasteiger partial charge in [-0.25, -0.2) is 0 Å². The second kappa shape index (κ2) is 10.9. The van der Waals surface area contributed by atoms with Crippen molar-refractivity contribution in [1.29, 1.82) is 0 Å². The first-order valence-corrected chi connectivity index (χ1v) is 8.26. The Morgan fingerprint density at radius 1 is 1.05 bits per heavy atom. The number of nitrogens with zero attached hydrogens (tertiary/aromatic N) is 1. The van der Waals surface area contributed by atoms with Crippen LogP contribution >= 0.6 is 0 Å². The van der Waals surface area contributed by atoms with Crippen LogP contribution in [0.2, 0.25) is 0 Å². The van der Waals surface area contributed by atoms with Crippen LogP contribution in [0.3, 0.4) is 0 Å². The van der Waals surface area contributed by atoms with Gasteiger partial charge in [-0.05, 0) is 38.4 Å². The highest BCUT2D eigenvalue weighted by Gasteiger charge is 2.13. The number of hydrogen-bond acceptors (Lipinski definition) is 2. The molecule has 20 heavy (non-hydrogen) atoms. The lowest BCUT2D eigenvalue weighted by Gasteiger charge is -2.29. The Morgan fingerprint density at radius 2 is 1.80 bits per heavy atom. The van der Waals surface area contributed by atoms with Gasteiger partial charge in [-0.2, -0.15) is 0 Å². The minimum absolute atomic E-state index is 0.651. The molecule has 1 aromatic carbocycles. The molecule has 2 N–H and O–H groups in total. The Kier molecular flexibility index (Phi) is 9.35. The normalized spacial score (nSPS) is 12.8. The summed E-state index contributed by atoms with van der Waals surface area (Å²) in [5, 5.41) is 0. The Morgan fingerprint density at radius 3 is 2.45 bits per heavy atom. The van der Waals surface area contributed by atoms with Crippen molar-refractivity contribution in [3.63, 3.8) is 0 Å². The van der Waals surface area contributed by atoms with Crippen molar-refractivity contribution in [3.8, 4) is 0 Å². The minimum atomic E-state index is 0.651. The highest BCUT2D eigenvalue weighted by atomic mass is 15.1. The Bertz CT molecular complexity index is 323. The third-order valence-electron chi connectivity index (χ3n) is 3.98. The molecule has 0 aliphatic rings. The average Bonchev–Trinajstić information content (AvgIpc) is 2.48. The molecule has 1 atom stereocenters. The van der Waals surface area contributed by atoms with Gasteiger partial charge < -0.3 is 5.73 Å². The van der Waals surface area contributed by atoms with Gasteiger partial charge in [-0.3, -0.25) is 4.90 Å². The van der Waals surface area contributed by atoms with Crippen molar-refractivity contribution in [2.45, 2.75) is 65.0 Å². The summed E-state index contributed by atoms with van der Waals surface area (Å²) in [6.45, 7) is 7.59. The van der Waals surface area contributed by atoms with E-state index in [1.807, 2.05) is 0 Å². The van der Waals surface area contributed by atoms with Crippen molar-refractivity contribution in [3.05, 3.63) is 35.9 Å². The number of unbranched alkanes of at least 4 members (excludes halogenated alkanes) is 3. The maximum atomic E-state index is 5.68. The van der Waals surface area contributed by atoms with E-state index in [1.54, 1.807) is 0 Å². The number of benzene rings is 1. The number of rotatable bonds is 11. The lowest BCUT2D eigenvalue weighted by atomic mass is 10.1. The molecular weight excluding hydrogens is 244 g/mol. The van der Waals surface area contributed by atoms with Crippen LogP contribution in [0, 0.1) is 0 Å². The van der Waals surface area contributed by atoms with Gasteiger partial charge in [-0.1, -0.05) is 62.9 Å². The maximum Gasteiger partial charge on any atom is 0.0236 e. The Labute approximate surface area is 125 Å². The average molecular weight is 276 g/mol. The summed E-state index contributed by atoms with van der Waals surface area (Å²) in [6, 6.07) is 11.4. The Balaban J connectivity index is 2.45. The van der Waals surface area contributed by atoms with Crippen molar-refractivity contribution < 1.29 is 0 Å². The molecule has 2 nitrogen and oxygen atoms in total. The van der Waals surface area contributed by atoms with Gasteiger partial charge in [0, 0.05) is 12.6 Å². The van der Waals surface area contributed by atoms with E-state index in [1.165, 1.54) is 37.7 Å². The van der Waals surface area contributed by atoms with Gasteiger partial charge >= 0.3 is 0 Å². The Hall–Kier alpha value is -0.860. The standard InChI is InChI=1S/C18H32N2/c1-3-4-5-7-11-17(2)20(15-10-14-19)16-18-12-8-6-9-13-18/h6,8-9,12-13,17H,3-5,7,10-11,14-16,19H2,1-2H3. The third-order valence-corrected chi connectivity index (χ3v) is 3.98. The molecule has 1 unspecified atom stereocenters. The molecule has 114 valence electrons. The number of hydrogen-bond donors (Lipinski definition) is 1. The van der Waals surface area contributed by atoms with E-state index < -0.39 is 0 Å². The van der Waals surface area contributed by atoms with Crippen molar-refractivity contribution in [2.24, 2.45) is 5.73 Å². The molecule has 0 saturated carbocycles. The van der Waals surface area contributed by atoms with Crippen LogP contribution < -0.4 is 5.73 Å². The van der Waals surface area contributed by atoms with E-state index in [4.69, 9.17) is 5.73 Å². The molecular formula is C18H32N2. The third kappa shape index (κ3) is 7.06. The molecule has 0 amide bonds. The zero-order chi connectivity index (χ0) is 14.6. The van der Waals surface area contributed by atoms with E-state index in [9.17, 15) is 0 Å². The first kappa shape index (κ1) is 17.2. The summed E-state index contributed by atoms with van der Waals surface area (Å²) >= 11 is 0. The monoisotopic (exact) mass is 276 g/mol. The molecule has 0 aromatic heterocycles. The van der Waals surface area contributed by atoms with Gasteiger partial charge in [0.25, 0.3) is 0 Å². The first-order valence-electron chi connectivity index (χ1n) is 8.26. The van der Waals surface area contributed by atoms with E-state index in [-0.39, 0.29) is 0 Å². The topological polar surface area (TPSA) is 29.3 Å². The summed E-state index contributed by atoms with van der Waals surface area (Å²) in [6.07, 6.45) is 7.80. The van der Waals surface area contributed by atoms with Crippen LogP contribution in [0.1, 0.15) is 57.9 Å². The molecule has 0 radical (unpaired) electrons. The lowest BCUT2D eigenvalue weighted by molar-refractivity contribution is 0.186. The summed E-state index contributed by atoms with van der Waals surface area (Å²) < 4.78 is 0. The van der Waals surface area contributed by atoms with E-state index >= 15 is 0 Å². The highest BCUT2D eigenvalue weighted by Crippen LogP contribution is 2.14. The fourth-order valence-corrected chi connectivity index (χ4v) is 2.62.